The monoisotopic (exact) mass is 208 g/mol. The molecule has 0 amide bonds. The van der Waals surface area contributed by atoms with Gasteiger partial charge in [-0.3, -0.25) is 0 Å². The molecule has 0 aliphatic carbocycles. The maximum atomic E-state index is 4.39. The highest BCUT2D eigenvalue weighted by molar-refractivity contribution is 7.12. The van der Waals surface area contributed by atoms with Gasteiger partial charge in [-0.2, -0.15) is 0 Å². The molecule has 0 saturated carbocycles. The lowest BCUT2D eigenvalue weighted by molar-refractivity contribution is 0.406. The van der Waals surface area contributed by atoms with E-state index >= 15 is 0 Å². The van der Waals surface area contributed by atoms with Crippen LogP contribution in [0.15, 0.2) is 6.20 Å². The standard InChI is InChI=1S/C9H12N4S/c1-9(2,3)4-6-5-10-8-7(11-6)12-13-14-8/h5H,4H2,1-3H3. The van der Waals surface area contributed by atoms with Gasteiger partial charge in [-0.15, -0.1) is 5.10 Å². The number of aromatic nitrogens is 4. The highest BCUT2D eigenvalue weighted by Crippen LogP contribution is 2.20. The van der Waals surface area contributed by atoms with Crippen LogP contribution in [-0.4, -0.2) is 19.6 Å². The second-order valence-corrected chi connectivity index (χ2v) is 5.23. The summed E-state index contributed by atoms with van der Waals surface area (Å²) in [6, 6.07) is 0. The maximum Gasteiger partial charge on any atom is 0.213 e. The van der Waals surface area contributed by atoms with E-state index in [4.69, 9.17) is 0 Å². The predicted molar refractivity (Wildman–Crippen MR) is 56.2 cm³/mol. The summed E-state index contributed by atoms with van der Waals surface area (Å²) in [7, 11) is 0. The zero-order valence-electron chi connectivity index (χ0n) is 8.48. The van der Waals surface area contributed by atoms with Gasteiger partial charge in [0.05, 0.1) is 11.9 Å². The average molecular weight is 208 g/mol. The van der Waals surface area contributed by atoms with E-state index < -0.39 is 0 Å². The molecular formula is C9H12N4S. The summed E-state index contributed by atoms with van der Waals surface area (Å²) >= 11 is 1.28. The van der Waals surface area contributed by atoms with Crippen molar-refractivity contribution in [1.82, 2.24) is 19.6 Å². The molecule has 0 saturated heterocycles. The fourth-order valence-electron chi connectivity index (χ4n) is 1.26. The summed E-state index contributed by atoms with van der Waals surface area (Å²) in [6.07, 6.45) is 2.72. The van der Waals surface area contributed by atoms with Crippen molar-refractivity contribution in [2.45, 2.75) is 27.2 Å². The van der Waals surface area contributed by atoms with E-state index in [-0.39, 0.29) is 5.41 Å². The minimum atomic E-state index is 0.228. The van der Waals surface area contributed by atoms with E-state index in [1.165, 1.54) is 11.5 Å². The summed E-state index contributed by atoms with van der Waals surface area (Å²) in [5, 5.41) is 3.90. The topological polar surface area (TPSA) is 51.6 Å². The molecule has 0 bridgehead atoms. The van der Waals surface area contributed by atoms with Gasteiger partial charge in [-0.05, 0) is 11.8 Å². The van der Waals surface area contributed by atoms with E-state index in [1.807, 2.05) is 6.20 Å². The van der Waals surface area contributed by atoms with Crippen molar-refractivity contribution in [1.29, 1.82) is 0 Å². The molecule has 74 valence electrons. The molecule has 2 rings (SSSR count). The molecule has 0 spiro atoms. The van der Waals surface area contributed by atoms with E-state index in [1.54, 1.807) is 0 Å². The highest BCUT2D eigenvalue weighted by atomic mass is 32.1. The summed E-state index contributed by atoms with van der Waals surface area (Å²) in [5.41, 5.74) is 1.88. The Morgan fingerprint density at radius 3 is 2.86 bits per heavy atom. The Labute approximate surface area is 86.6 Å². The molecular weight excluding hydrogens is 196 g/mol. The Balaban J connectivity index is 2.35. The van der Waals surface area contributed by atoms with Crippen molar-refractivity contribution in [2.75, 3.05) is 0 Å². The highest BCUT2D eigenvalue weighted by Gasteiger charge is 2.13. The summed E-state index contributed by atoms with van der Waals surface area (Å²) in [5.74, 6) is 0. The van der Waals surface area contributed by atoms with E-state index in [2.05, 4.69) is 40.3 Å². The SMILES string of the molecule is CC(C)(C)Cc1cnc2snnc2n1. The molecule has 0 aromatic carbocycles. The largest absolute Gasteiger partial charge is 0.239 e. The van der Waals surface area contributed by atoms with Crippen molar-refractivity contribution in [3.05, 3.63) is 11.9 Å². The van der Waals surface area contributed by atoms with E-state index in [0.717, 1.165) is 16.9 Å². The Morgan fingerprint density at radius 2 is 2.14 bits per heavy atom. The van der Waals surface area contributed by atoms with Gasteiger partial charge in [-0.25, -0.2) is 9.97 Å². The zero-order chi connectivity index (χ0) is 10.2. The molecule has 0 unspecified atom stereocenters. The normalized spacial score (nSPS) is 12.2. The number of hydrogen-bond acceptors (Lipinski definition) is 5. The fourth-order valence-corrected chi connectivity index (χ4v) is 1.72. The number of hydrogen-bond donors (Lipinski definition) is 0. The molecule has 4 nitrogen and oxygen atoms in total. The third-order valence-corrected chi connectivity index (χ3v) is 2.37. The Morgan fingerprint density at radius 1 is 1.36 bits per heavy atom. The van der Waals surface area contributed by atoms with Gasteiger partial charge in [0, 0.05) is 11.5 Å². The number of nitrogens with zero attached hydrogens (tertiary/aromatic N) is 4. The molecule has 0 radical (unpaired) electrons. The van der Waals surface area contributed by atoms with Crippen LogP contribution in [-0.2, 0) is 6.42 Å². The molecule has 14 heavy (non-hydrogen) atoms. The maximum absolute atomic E-state index is 4.39. The lowest BCUT2D eigenvalue weighted by Gasteiger charge is -2.16. The van der Waals surface area contributed by atoms with Gasteiger partial charge in [0.2, 0.25) is 5.65 Å². The summed E-state index contributed by atoms with van der Waals surface area (Å²) in [4.78, 5) is 9.46. The molecule has 0 aliphatic heterocycles. The van der Waals surface area contributed by atoms with Gasteiger partial charge in [0.25, 0.3) is 0 Å². The fraction of sp³-hybridized carbons (Fsp3) is 0.556. The number of fused-ring (bicyclic) bond motifs is 1. The molecule has 0 atom stereocenters. The van der Waals surface area contributed by atoms with Gasteiger partial charge in [0.1, 0.15) is 0 Å². The Kier molecular flexibility index (Phi) is 2.19. The van der Waals surface area contributed by atoms with Crippen LogP contribution in [0.25, 0.3) is 10.5 Å². The van der Waals surface area contributed by atoms with E-state index in [9.17, 15) is 0 Å². The first-order chi connectivity index (χ1) is 6.54. The van der Waals surface area contributed by atoms with Crippen molar-refractivity contribution >= 4 is 22.0 Å². The Bertz CT molecular complexity index is 443. The minimum absolute atomic E-state index is 0.228. The van der Waals surface area contributed by atoms with Crippen molar-refractivity contribution in [3.63, 3.8) is 0 Å². The first-order valence-electron chi connectivity index (χ1n) is 4.49. The van der Waals surface area contributed by atoms with Crippen LogP contribution in [0.2, 0.25) is 0 Å². The minimum Gasteiger partial charge on any atom is -0.239 e. The second-order valence-electron chi connectivity index (χ2n) is 4.50. The third kappa shape index (κ3) is 2.04. The van der Waals surface area contributed by atoms with Gasteiger partial charge < -0.3 is 0 Å². The zero-order valence-corrected chi connectivity index (χ0v) is 9.30. The van der Waals surface area contributed by atoms with Gasteiger partial charge in [-0.1, -0.05) is 25.3 Å². The van der Waals surface area contributed by atoms with Crippen LogP contribution in [0.4, 0.5) is 0 Å². The van der Waals surface area contributed by atoms with Crippen LogP contribution in [0, 0.1) is 5.41 Å². The van der Waals surface area contributed by atoms with Crippen molar-refractivity contribution in [3.8, 4) is 0 Å². The second kappa shape index (κ2) is 3.24. The molecule has 2 aromatic heterocycles. The van der Waals surface area contributed by atoms with Crippen LogP contribution in [0.1, 0.15) is 26.5 Å². The molecule has 0 aliphatic rings. The molecule has 0 N–H and O–H groups in total. The lowest BCUT2D eigenvalue weighted by Crippen LogP contribution is -2.10. The van der Waals surface area contributed by atoms with E-state index in [0.29, 0.717) is 5.65 Å². The first-order valence-corrected chi connectivity index (χ1v) is 5.26. The molecule has 2 aromatic rings. The number of rotatable bonds is 1. The van der Waals surface area contributed by atoms with Crippen molar-refractivity contribution in [2.24, 2.45) is 5.41 Å². The van der Waals surface area contributed by atoms with Crippen molar-refractivity contribution < 1.29 is 0 Å². The van der Waals surface area contributed by atoms with Gasteiger partial charge in [0.15, 0.2) is 4.83 Å². The van der Waals surface area contributed by atoms with Crippen LogP contribution >= 0.6 is 11.5 Å². The smallest absolute Gasteiger partial charge is 0.213 e. The lowest BCUT2D eigenvalue weighted by atomic mass is 9.91. The predicted octanol–water partition coefficient (Wildman–Crippen LogP) is 2.07. The molecule has 5 heteroatoms. The first kappa shape index (κ1) is 9.45. The average Bonchev–Trinajstić information content (AvgIpc) is 2.47. The molecule has 2 heterocycles. The molecule has 0 fully saturated rings. The van der Waals surface area contributed by atoms with Crippen LogP contribution < -0.4 is 0 Å². The Hall–Kier alpha value is -1.10. The van der Waals surface area contributed by atoms with Crippen LogP contribution in [0.5, 0.6) is 0 Å². The van der Waals surface area contributed by atoms with Crippen LogP contribution in [0.3, 0.4) is 0 Å². The summed E-state index contributed by atoms with van der Waals surface area (Å²) < 4.78 is 3.81. The quantitative estimate of drug-likeness (QED) is 0.720. The third-order valence-electron chi connectivity index (χ3n) is 1.75. The summed E-state index contributed by atoms with van der Waals surface area (Å²) in [6.45, 7) is 6.54. The van der Waals surface area contributed by atoms with Gasteiger partial charge >= 0.3 is 0 Å².